The van der Waals surface area contributed by atoms with Crippen LogP contribution in [0.4, 0.5) is 0 Å². The van der Waals surface area contributed by atoms with Crippen molar-refractivity contribution in [3.8, 4) is 0 Å². The van der Waals surface area contributed by atoms with E-state index in [4.69, 9.17) is 32.3 Å². The number of allylic oxidation sites excluding steroid dienone is 32. The average molecular weight is 1590 g/mol. The van der Waals surface area contributed by atoms with Gasteiger partial charge in [-0.3, -0.25) is 32.5 Å². The first-order valence-electron chi connectivity index (χ1n) is 42.7. The summed E-state index contributed by atoms with van der Waals surface area (Å²) in [7, 11) is -9.83. The molecule has 5 unspecified atom stereocenters. The number of phosphoric acid groups is 2. The second kappa shape index (κ2) is 83.8. The Morgan fingerprint density at radius 1 is 0.252 bits per heavy atom. The van der Waals surface area contributed by atoms with Crippen LogP contribution in [-0.4, -0.2) is 95.9 Å². The van der Waals surface area contributed by atoms with Crippen LogP contribution < -0.4 is 0 Å². The van der Waals surface area contributed by atoms with Crippen LogP contribution in [0.5, 0.6) is 0 Å². The maximum Gasteiger partial charge on any atom is 0.472 e. The van der Waals surface area contributed by atoms with E-state index in [1.165, 1.54) is 77.0 Å². The number of esters is 3. The standard InChI is InChI=1S/C93H152O16P2/c1-4-7-10-13-16-19-22-25-28-31-34-36-38-40-41-42-43-44-45-47-49-50-53-55-58-61-64-67-70-73-76-79-91(96)103-82-88(94)83-105-110(99,100)106-84-89(95)85-107-111(101,102)108-87-90(109-93(98)81-78-75-72-69-66-63-60-57-52-33-30-27-24-21-18-15-12-9-6-3)86-104-92(97)80-77-74-71-68-65-62-59-56-54-51-48-46-39-37-35-32-29-26-23-20-17-14-11-8-5-2/h7-12,16-21,25-30,34-37,40-41,46,48,52,54,56-57,63,66,88-90,94-95H,4-6,13-15,22-24,31-33,38-39,42-45,47,49-51,53,55,58-62,64-65,67-87H2,1-3H3,(H,99,100)(H,101,102)/b10-7-,11-8-,12-9-,19-16-,20-17-,21-18-,28-25-,29-26-,30-27-,36-34-,37-35-,41-40-,48-46-,56-54-,57-52-,66-63-. The van der Waals surface area contributed by atoms with Crippen LogP contribution in [0.1, 0.15) is 316 Å². The van der Waals surface area contributed by atoms with E-state index in [1.807, 2.05) is 0 Å². The van der Waals surface area contributed by atoms with Crippen molar-refractivity contribution < 1.29 is 75.8 Å². The lowest BCUT2D eigenvalue weighted by molar-refractivity contribution is -0.161. The fourth-order valence-electron chi connectivity index (χ4n) is 10.9. The fraction of sp³-hybridized carbons (Fsp3) is 0.624. The number of ether oxygens (including phenoxy) is 3. The number of unbranched alkanes of at least 4 members (excludes halogenated alkanes) is 24. The zero-order valence-corrected chi connectivity index (χ0v) is 70.8. The highest BCUT2D eigenvalue weighted by Gasteiger charge is 2.29. The summed E-state index contributed by atoms with van der Waals surface area (Å²) in [5.41, 5.74) is 0. The van der Waals surface area contributed by atoms with Crippen LogP contribution in [-0.2, 0) is 55.8 Å². The van der Waals surface area contributed by atoms with Gasteiger partial charge in [0.15, 0.2) is 6.10 Å². The molecule has 0 fully saturated rings. The van der Waals surface area contributed by atoms with Crippen molar-refractivity contribution in [1.82, 2.24) is 0 Å². The molecule has 0 bridgehead atoms. The van der Waals surface area contributed by atoms with Crippen molar-refractivity contribution in [3.63, 3.8) is 0 Å². The largest absolute Gasteiger partial charge is 0.472 e. The second-order valence-corrected chi connectivity index (χ2v) is 30.7. The molecular formula is C93H152O16P2. The molecule has 0 aromatic heterocycles. The molecule has 0 radical (unpaired) electrons. The Labute approximate surface area is 674 Å². The Kier molecular flexibility index (Phi) is 79.6. The minimum absolute atomic E-state index is 0.0545. The molecule has 0 aliphatic rings. The lowest BCUT2D eigenvalue weighted by Crippen LogP contribution is -2.30. The van der Waals surface area contributed by atoms with Crippen LogP contribution >= 0.6 is 15.6 Å². The first-order valence-corrected chi connectivity index (χ1v) is 45.7. The summed E-state index contributed by atoms with van der Waals surface area (Å²) in [6.07, 6.45) is 110. The number of carbonyl (C=O) groups is 3. The van der Waals surface area contributed by atoms with Gasteiger partial charge in [-0.1, -0.05) is 331 Å². The summed E-state index contributed by atoms with van der Waals surface area (Å²) in [5, 5.41) is 20.7. The fourth-order valence-corrected chi connectivity index (χ4v) is 12.5. The molecule has 0 aliphatic carbocycles. The number of phosphoric ester groups is 2. The van der Waals surface area contributed by atoms with Gasteiger partial charge in [0.25, 0.3) is 0 Å². The molecule has 0 spiro atoms. The molecule has 0 saturated carbocycles. The van der Waals surface area contributed by atoms with Crippen molar-refractivity contribution >= 4 is 33.6 Å². The van der Waals surface area contributed by atoms with E-state index < -0.39 is 91.5 Å². The topological polar surface area (TPSA) is 231 Å². The van der Waals surface area contributed by atoms with Crippen LogP contribution in [0.15, 0.2) is 194 Å². The van der Waals surface area contributed by atoms with E-state index in [2.05, 4.69) is 215 Å². The summed E-state index contributed by atoms with van der Waals surface area (Å²) >= 11 is 0. The Morgan fingerprint density at radius 3 is 0.721 bits per heavy atom. The summed E-state index contributed by atoms with van der Waals surface area (Å²) in [6, 6.07) is 0. The van der Waals surface area contributed by atoms with Gasteiger partial charge in [0.1, 0.15) is 25.4 Å². The van der Waals surface area contributed by atoms with Crippen molar-refractivity contribution in [1.29, 1.82) is 0 Å². The molecule has 0 aromatic carbocycles. The van der Waals surface area contributed by atoms with Crippen LogP contribution in [0.3, 0.4) is 0 Å². The molecule has 18 heteroatoms. The summed E-state index contributed by atoms with van der Waals surface area (Å²) in [4.78, 5) is 58.8. The minimum atomic E-state index is -4.96. The highest BCUT2D eigenvalue weighted by molar-refractivity contribution is 7.47. The molecule has 0 aliphatic heterocycles. The normalized spacial score (nSPS) is 14.8. The maximum absolute atomic E-state index is 13.0. The maximum atomic E-state index is 13.0. The van der Waals surface area contributed by atoms with Gasteiger partial charge in [0.05, 0.1) is 26.4 Å². The summed E-state index contributed by atoms with van der Waals surface area (Å²) in [6.45, 7) is 2.28. The smallest absolute Gasteiger partial charge is 0.463 e. The Hall–Kier alpha value is -5.61. The third-order valence-corrected chi connectivity index (χ3v) is 19.2. The zero-order valence-electron chi connectivity index (χ0n) is 69.1. The van der Waals surface area contributed by atoms with Crippen LogP contribution in [0.25, 0.3) is 0 Å². The Bertz CT molecular complexity index is 2800. The van der Waals surface area contributed by atoms with Crippen molar-refractivity contribution in [2.24, 2.45) is 0 Å². The highest BCUT2D eigenvalue weighted by Crippen LogP contribution is 2.45. The molecule has 0 saturated heterocycles. The zero-order chi connectivity index (χ0) is 80.8. The molecule has 111 heavy (non-hydrogen) atoms. The van der Waals surface area contributed by atoms with Gasteiger partial charge in [-0.25, -0.2) is 9.13 Å². The molecule has 4 N–H and O–H groups in total. The van der Waals surface area contributed by atoms with Gasteiger partial charge in [0, 0.05) is 19.3 Å². The van der Waals surface area contributed by atoms with E-state index in [0.29, 0.717) is 19.3 Å². The highest BCUT2D eigenvalue weighted by atomic mass is 31.2. The number of aliphatic hydroxyl groups is 2. The molecule has 0 amide bonds. The van der Waals surface area contributed by atoms with E-state index in [1.54, 1.807) is 0 Å². The monoisotopic (exact) mass is 1590 g/mol. The number of hydrogen-bond donors (Lipinski definition) is 4. The van der Waals surface area contributed by atoms with Crippen LogP contribution in [0.2, 0.25) is 0 Å². The summed E-state index contributed by atoms with van der Waals surface area (Å²) in [5.74, 6) is -1.64. The minimum Gasteiger partial charge on any atom is -0.463 e. The molecule has 0 rings (SSSR count). The second-order valence-electron chi connectivity index (χ2n) is 27.8. The molecule has 5 atom stereocenters. The number of aliphatic hydroxyl groups excluding tert-OH is 2. The van der Waals surface area contributed by atoms with Crippen molar-refractivity contribution in [2.75, 3.05) is 39.6 Å². The Balaban J connectivity index is 4.62. The predicted octanol–water partition coefficient (Wildman–Crippen LogP) is 25.9. The first kappa shape index (κ1) is 105. The van der Waals surface area contributed by atoms with Crippen molar-refractivity contribution in [3.05, 3.63) is 194 Å². The SMILES string of the molecule is CC/C=C\C/C=C\C/C=C\C/C=C\C/C=C\C/C=C\CCCCCCCCC(=O)OCC(COP(=O)(O)OCC(O)COP(=O)(O)OCC(O)COC(=O)CCCCCCCCCCCCCCCCC/C=C\C/C=C\C/C=C\C/C=C\C/C=C\CC)OC(=O)CCCCC/C=C\C/C=C\C/C=C\C/C=C\C/C=C\CC. The molecule has 630 valence electrons. The average Bonchev–Trinajstić information content (AvgIpc) is 0.902. The van der Waals surface area contributed by atoms with Gasteiger partial charge < -0.3 is 34.2 Å². The lowest BCUT2D eigenvalue weighted by atomic mass is 10.0. The predicted molar refractivity (Wildman–Crippen MR) is 463 cm³/mol. The first-order chi connectivity index (χ1) is 54.2. The van der Waals surface area contributed by atoms with Gasteiger partial charge in [-0.05, 0) is 161 Å². The van der Waals surface area contributed by atoms with E-state index in [0.717, 1.165) is 180 Å². The van der Waals surface area contributed by atoms with E-state index in [-0.39, 0.29) is 19.3 Å². The van der Waals surface area contributed by atoms with Gasteiger partial charge >= 0.3 is 33.6 Å². The number of rotatable bonds is 79. The third-order valence-electron chi connectivity index (χ3n) is 17.3. The third kappa shape index (κ3) is 85.1. The number of carbonyl (C=O) groups excluding carboxylic acids is 3. The molecule has 0 heterocycles. The van der Waals surface area contributed by atoms with E-state index >= 15 is 0 Å². The van der Waals surface area contributed by atoms with Gasteiger partial charge in [-0.15, -0.1) is 0 Å². The molecular weight excluding hydrogens is 1430 g/mol. The van der Waals surface area contributed by atoms with E-state index in [9.17, 15) is 43.5 Å². The van der Waals surface area contributed by atoms with Gasteiger partial charge in [0.2, 0.25) is 0 Å². The summed E-state index contributed by atoms with van der Waals surface area (Å²) < 4.78 is 61.3. The van der Waals surface area contributed by atoms with Crippen LogP contribution in [0, 0.1) is 0 Å². The molecule has 16 nitrogen and oxygen atoms in total. The van der Waals surface area contributed by atoms with Crippen molar-refractivity contribution in [2.45, 2.75) is 334 Å². The Morgan fingerprint density at radius 2 is 0.450 bits per heavy atom. The number of hydrogen-bond acceptors (Lipinski definition) is 14. The van der Waals surface area contributed by atoms with Gasteiger partial charge in [-0.2, -0.15) is 0 Å². The molecule has 0 aromatic rings. The lowest BCUT2D eigenvalue weighted by Gasteiger charge is -2.21. The quantitative estimate of drug-likeness (QED) is 0.0146.